The minimum absolute atomic E-state index is 1.11. The van der Waals surface area contributed by atoms with E-state index < -0.39 is 0 Å². The van der Waals surface area contributed by atoms with E-state index in [0.29, 0.717) is 0 Å². The van der Waals surface area contributed by atoms with Gasteiger partial charge in [-0.3, -0.25) is 0 Å². The van der Waals surface area contributed by atoms with Gasteiger partial charge in [0.05, 0.1) is 11.0 Å². The number of hydrogen-bond donors (Lipinski definition) is 0. The van der Waals surface area contributed by atoms with Gasteiger partial charge in [-0.2, -0.15) is 0 Å². The monoisotopic (exact) mass is 642 g/mol. The van der Waals surface area contributed by atoms with Gasteiger partial charge in [-0.05, 0) is 71.1 Å². The fraction of sp³-hybridized carbons (Fsp3) is 0. The van der Waals surface area contributed by atoms with Crippen LogP contribution in [0.1, 0.15) is 0 Å². The molecule has 10 aromatic rings. The van der Waals surface area contributed by atoms with E-state index in [-0.39, 0.29) is 0 Å². The highest BCUT2D eigenvalue weighted by molar-refractivity contribution is 7.25. The molecule has 230 valence electrons. The van der Waals surface area contributed by atoms with E-state index in [0.717, 1.165) is 22.7 Å². The molecule has 0 aliphatic heterocycles. The van der Waals surface area contributed by atoms with Crippen molar-refractivity contribution in [2.24, 2.45) is 0 Å². The van der Waals surface area contributed by atoms with Gasteiger partial charge in [-0.1, -0.05) is 127 Å². The van der Waals surface area contributed by atoms with Gasteiger partial charge in [0.2, 0.25) is 0 Å². The lowest BCUT2D eigenvalue weighted by atomic mass is 10.0. The zero-order valence-electron chi connectivity index (χ0n) is 26.6. The molecular formula is C46H30N2S. The zero-order valence-corrected chi connectivity index (χ0v) is 27.4. The second-order valence-corrected chi connectivity index (χ2v) is 13.7. The Morgan fingerprint density at radius 1 is 0.388 bits per heavy atom. The third-order valence-corrected chi connectivity index (χ3v) is 10.9. The smallest absolute Gasteiger partial charge is 0.0619 e. The van der Waals surface area contributed by atoms with Crippen molar-refractivity contribution in [3.63, 3.8) is 0 Å². The van der Waals surface area contributed by atoms with Crippen molar-refractivity contribution in [3.05, 3.63) is 182 Å². The Hall–Kier alpha value is -6.16. The third-order valence-electron chi connectivity index (χ3n) is 9.74. The van der Waals surface area contributed by atoms with Crippen LogP contribution in [0.3, 0.4) is 0 Å². The highest BCUT2D eigenvalue weighted by atomic mass is 32.1. The number of rotatable bonds is 5. The Bertz CT molecular complexity index is 2830. The van der Waals surface area contributed by atoms with E-state index in [4.69, 9.17) is 0 Å². The standard InChI is InChI=1S/C46H30N2S/c1-3-12-31(13-4-1)33-15-11-18-35(28-33)47(37-24-27-41-40-20-9-10-21-44(40)49-45(41)30-37)36-23-26-39-42-25-22-32-14-7-8-19-38(32)46(42)48(43(39)29-36)34-16-5-2-6-17-34/h1-30H. The number of hydrogen-bond acceptors (Lipinski definition) is 2. The summed E-state index contributed by atoms with van der Waals surface area (Å²) in [7, 11) is 0. The number of para-hydroxylation sites is 1. The van der Waals surface area contributed by atoms with Crippen LogP contribution in [0.25, 0.3) is 69.6 Å². The van der Waals surface area contributed by atoms with Gasteiger partial charge in [-0.15, -0.1) is 11.3 Å². The lowest BCUT2D eigenvalue weighted by Gasteiger charge is -2.26. The normalized spacial score (nSPS) is 11.7. The van der Waals surface area contributed by atoms with E-state index in [1.165, 1.54) is 63.9 Å². The summed E-state index contributed by atoms with van der Waals surface area (Å²) >= 11 is 1.86. The fourth-order valence-corrected chi connectivity index (χ4v) is 8.65. The third kappa shape index (κ3) is 4.55. The van der Waals surface area contributed by atoms with Gasteiger partial charge in [0.25, 0.3) is 0 Å². The van der Waals surface area contributed by atoms with Gasteiger partial charge in [-0.25, -0.2) is 0 Å². The van der Waals surface area contributed by atoms with Crippen molar-refractivity contribution in [2.75, 3.05) is 4.90 Å². The molecule has 0 fully saturated rings. The summed E-state index contributed by atoms with van der Waals surface area (Å²) in [5.41, 5.74) is 9.34. The van der Waals surface area contributed by atoms with Crippen molar-refractivity contribution < 1.29 is 0 Å². The molecule has 0 saturated carbocycles. The highest BCUT2D eigenvalue weighted by Gasteiger charge is 2.20. The lowest BCUT2D eigenvalue weighted by molar-refractivity contribution is 1.18. The number of aromatic nitrogens is 1. The average Bonchev–Trinajstić information content (AvgIpc) is 3.71. The predicted octanol–water partition coefficient (Wildman–Crippen LogP) is 13.4. The molecule has 0 N–H and O–H groups in total. The van der Waals surface area contributed by atoms with Gasteiger partial charge >= 0.3 is 0 Å². The first-order chi connectivity index (χ1) is 24.3. The van der Waals surface area contributed by atoms with Crippen LogP contribution >= 0.6 is 11.3 Å². The van der Waals surface area contributed by atoms with Crippen molar-refractivity contribution >= 4 is 81.1 Å². The molecule has 0 atom stereocenters. The van der Waals surface area contributed by atoms with Crippen molar-refractivity contribution in [1.82, 2.24) is 4.57 Å². The molecule has 10 rings (SSSR count). The molecule has 0 unspecified atom stereocenters. The maximum atomic E-state index is 2.45. The van der Waals surface area contributed by atoms with E-state index in [9.17, 15) is 0 Å². The Balaban J connectivity index is 1.25. The molecule has 0 aliphatic rings. The van der Waals surface area contributed by atoms with Crippen molar-refractivity contribution in [3.8, 4) is 16.8 Å². The average molecular weight is 643 g/mol. The van der Waals surface area contributed by atoms with Crippen LogP contribution in [0.15, 0.2) is 182 Å². The van der Waals surface area contributed by atoms with Crippen LogP contribution in [0.5, 0.6) is 0 Å². The van der Waals surface area contributed by atoms with Crippen LogP contribution in [0, 0.1) is 0 Å². The first-order valence-corrected chi connectivity index (χ1v) is 17.5. The number of benzene rings is 8. The van der Waals surface area contributed by atoms with E-state index in [1.807, 2.05) is 11.3 Å². The molecule has 0 saturated heterocycles. The summed E-state index contributed by atoms with van der Waals surface area (Å²) in [6, 6.07) is 66.2. The number of anilines is 3. The zero-order chi connectivity index (χ0) is 32.3. The minimum atomic E-state index is 1.11. The quantitative estimate of drug-likeness (QED) is 0.181. The van der Waals surface area contributed by atoms with E-state index in [2.05, 4.69) is 191 Å². The van der Waals surface area contributed by atoms with Crippen molar-refractivity contribution in [2.45, 2.75) is 0 Å². The molecule has 0 aliphatic carbocycles. The van der Waals surface area contributed by atoms with Gasteiger partial charge < -0.3 is 9.47 Å². The molecule has 0 radical (unpaired) electrons. The molecule has 49 heavy (non-hydrogen) atoms. The molecule has 0 bridgehead atoms. The predicted molar refractivity (Wildman–Crippen MR) is 211 cm³/mol. The summed E-state index contributed by atoms with van der Waals surface area (Å²) in [6.45, 7) is 0. The van der Waals surface area contributed by atoms with Crippen molar-refractivity contribution in [1.29, 1.82) is 0 Å². The SMILES string of the molecule is c1ccc(-c2cccc(N(c3ccc4c(c3)sc3ccccc34)c3ccc4c5ccc6ccccc6c5n(-c5ccccc5)c4c3)c2)cc1. The molecule has 8 aromatic carbocycles. The lowest BCUT2D eigenvalue weighted by Crippen LogP contribution is -2.10. The summed E-state index contributed by atoms with van der Waals surface area (Å²) < 4.78 is 5.05. The van der Waals surface area contributed by atoms with Crippen LogP contribution < -0.4 is 4.90 Å². The Labute approximate surface area is 288 Å². The van der Waals surface area contributed by atoms with E-state index in [1.54, 1.807) is 0 Å². The van der Waals surface area contributed by atoms with Crippen LogP contribution in [-0.2, 0) is 0 Å². The summed E-state index contributed by atoms with van der Waals surface area (Å²) in [5.74, 6) is 0. The number of fused-ring (bicyclic) bond motifs is 8. The second kappa shape index (κ2) is 11.2. The maximum Gasteiger partial charge on any atom is 0.0619 e. The summed E-state index contributed by atoms with van der Waals surface area (Å²) in [4.78, 5) is 2.42. The topological polar surface area (TPSA) is 8.17 Å². The van der Waals surface area contributed by atoms with Gasteiger partial charge in [0.15, 0.2) is 0 Å². The summed E-state index contributed by atoms with van der Waals surface area (Å²) in [5, 5.41) is 7.61. The molecule has 0 amide bonds. The van der Waals surface area contributed by atoms with Crippen LogP contribution in [-0.4, -0.2) is 4.57 Å². The fourth-order valence-electron chi connectivity index (χ4n) is 7.51. The molecular weight excluding hydrogens is 613 g/mol. The highest BCUT2D eigenvalue weighted by Crippen LogP contribution is 2.44. The van der Waals surface area contributed by atoms with Gasteiger partial charge in [0, 0.05) is 59.1 Å². The molecule has 0 spiro atoms. The van der Waals surface area contributed by atoms with Crippen LogP contribution in [0.2, 0.25) is 0 Å². The molecule has 2 aromatic heterocycles. The first-order valence-electron chi connectivity index (χ1n) is 16.7. The second-order valence-electron chi connectivity index (χ2n) is 12.6. The van der Waals surface area contributed by atoms with E-state index >= 15 is 0 Å². The van der Waals surface area contributed by atoms with Crippen LogP contribution in [0.4, 0.5) is 17.1 Å². The minimum Gasteiger partial charge on any atom is -0.310 e. The molecule has 2 heterocycles. The summed E-state index contributed by atoms with van der Waals surface area (Å²) in [6.07, 6.45) is 0. The first kappa shape index (κ1) is 27.9. The number of nitrogens with zero attached hydrogens (tertiary/aromatic N) is 2. The Morgan fingerprint density at radius 2 is 1.02 bits per heavy atom. The van der Waals surface area contributed by atoms with Gasteiger partial charge in [0.1, 0.15) is 0 Å². The Morgan fingerprint density at radius 3 is 1.88 bits per heavy atom. The largest absolute Gasteiger partial charge is 0.310 e. The molecule has 2 nitrogen and oxygen atoms in total. The number of thiophene rings is 1. The molecule has 3 heteroatoms. The maximum absolute atomic E-state index is 2.45. The Kier molecular flexibility index (Phi) is 6.39.